The second kappa shape index (κ2) is 8.14. The Balaban J connectivity index is 1.60. The predicted octanol–water partition coefficient (Wildman–Crippen LogP) is 3.39. The van der Waals surface area contributed by atoms with Gasteiger partial charge in [-0.25, -0.2) is 8.42 Å². The topological polar surface area (TPSA) is 71.7 Å². The lowest BCUT2D eigenvalue weighted by Crippen LogP contribution is -2.42. The monoisotopic (exact) mass is 449 g/mol. The molecule has 3 heterocycles. The highest BCUT2D eigenvalue weighted by atomic mass is 32.2. The minimum atomic E-state index is -3.54. The predicted molar refractivity (Wildman–Crippen MR) is 117 cm³/mol. The number of hydrogen-bond acceptors (Lipinski definition) is 5. The summed E-state index contributed by atoms with van der Waals surface area (Å²) in [6.45, 7) is 2.75. The van der Waals surface area contributed by atoms with Gasteiger partial charge in [-0.15, -0.1) is 11.3 Å². The van der Waals surface area contributed by atoms with Gasteiger partial charge in [0.2, 0.25) is 0 Å². The molecule has 0 bridgehead atoms. The van der Waals surface area contributed by atoms with E-state index in [1.807, 2.05) is 11.6 Å². The first-order chi connectivity index (χ1) is 13.9. The molecule has 0 spiro atoms. The van der Waals surface area contributed by atoms with Crippen LogP contribution in [-0.4, -0.2) is 36.3 Å². The van der Waals surface area contributed by atoms with Gasteiger partial charge in [0.05, 0.1) is 16.1 Å². The Morgan fingerprint density at radius 2 is 2.14 bits per heavy atom. The fourth-order valence-electron chi connectivity index (χ4n) is 3.59. The fourth-order valence-corrected chi connectivity index (χ4v) is 7.35. The van der Waals surface area contributed by atoms with Crippen LogP contribution >= 0.6 is 22.7 Å². The third kappa shape index (κ3) is 3.96. The van der Waals surface area contributed by atoms with Gasteiger partial charge in [-0.05, 0) is 48.4 Å². The molecular weight excluding hydrogens is 426 g/mol. The fraction of sp³-hybridized carbons (Fsp3) is 0.400. The molecule has 6 nitrogen and oxygen atoms in total. The van der Waals surface area contributed by atoms with Crippen molar-refractivity contribution >= 4 is 48.8 Å². The molecule has 2 aromatic heterocycles. The van der Waals surface area contributed by atoms with E-state index >= 15 is 0 Å². The number of thiophene rings is 1. The highest BCUT2D eigenvalue weighted by Gasteiger charge is 2.33. The molecule has 1 saturated heterocycles. The molecule has 1 atom stereocenters. The number of aromatic nitrogens is 1. The number of piperidine rings is 1. The summed E-state index contributed by atoms with van der Waals surface area (Å²) in [6.07, 6.45) is 2.28. The molecule has 29 heavy (non-hydrogen) atoms. The molecule has 3 aromatic rings. The van der Waals surface area contributed by atoms with Crippen LogP contribution in [0.15, 0.2) is 44.9 Å². The molecule has 0 radical (unpaired) electrons. The highest BCUT2D eigenvalue weighted by Crippen LogP contribution is 2.27. The van der Waals surface area contributed by atoms with Crippen LogP contribution in [0.1, 0.15) is 25.3 Å². The zero-order valence-corrected chi connectivity index (χ0v) is 18.8. The van der Waals surface area contributed by atoms with Gasteiger partial charge in [-0.3, -0.25) is 4.79 Å². The number of amides is 1. The molecule has 4 rings (SSSR count). The summed E-state index contributed by atoms with van der Waals surface area (Å²) in [5.41, 5.74) is 2.29. The number of aryl methyl sites for hydroxylation is 2. The van der Waals surface area contributed by atoms with Crippen LogP contribution in [-0.2, 0) is 28.3 Å². The largest absolute Gasteiger partial charge is 0.319 e. The molecule has 9 heteroatoms. The average molecular weight is 450 g/mol. The summed E-state index contributed by atoms with van der Waals surface area (Å²) in [6, 6.07) is 9.63. The van der Waals surface area contributed by atoms with Crippen molar-refractivity contribution in [2.45, 2.75) is 30.4 Å². The van der Waals surface area contributed by atoms with E-state index in [2.05, 4.69) is 30.1 Å². The first kappa shape index (κ1) is 20.5. The second-order valence-electron chi connectivity index (χ2n) is 7.18. The number of hydrogen-bond donors (Lipinski definition) is 0. The lowest BCUT2D eigenvalue weighted by Gasteiger charge is -2.29. The van der Waals surface area contributed by atoms with E-state index < -0.39 is 15.9 Å². The van der Waals surface area contributed by atoms with Gasteiger partial charge in [0.25, 0.3) is 15.9 Å². The minimum absolute atomic E-state index is 0.192. The van der Waals surface area contributed by atoms with Crippen molar-refractivity contribution in [1.29, 1.82) is 0 Å². The van der Waals surface area contributed by atoms with Crippen LogP contribution in [0.25, 0.3) is 10.2 Å². The lowest BCUT2D eigenvalue weighted by atomic mass is 9.99. The third-order valence-corrected chi connectivity index (χ3v) is 9.64. The van der Waals surface area contributed by atoms with Gasteiger partial charge >= 0.3 is 0 Å². The van der Waals surface area contributed by atoms with E-state index in [1.54, 1.807) is 17.5 Å². The summed E-state index contributed by atoms with van der Waals surface area (Å²) < 4.78 is 30.4. The Hall–Kier alpha value is -1.81. The normalized spacial score (nSPS) is 19.1. The minimum Gasteiger partial charge on any atom is -0.319 e. The van der Waals surface area contributed by atoms with Crippen molar-refractivity contribution in [1.82, 2.24) is 8.87 Å². The molecule has 1 aromatic carbocycles. The second-order valence-corrected chi connectivity index (χ2v) is 11.3. The molecule has 1 fully saturated rings. The smallest absolute Gasteiger partial charge is 0.252 e. The van der Waals surface area contributed by atoms with Gasteiger partial charge in [0.15, 0.2) is 4.80 Å². The van der Waals surface area contributed by atoms with Crippen LogP contribution in [0.4, 0.5) is 0 Å². The maximum atomic E-state index is 12.9. The number of thiazole rings is 1. The Morgan fingerprint density at radius 1 is 1.31 bits per heavy atom. The number of sulfonamides is 1. The Bertz CT molecular complexity index is 1210. The number of carbonyl (C=O) groups is 1. The standard InChI is InChI=1S/C20H23N3O3S3/c1-3-14-8-9-16-17(12-14)28-20(22(16)2)21-19(24)15-6-4-10-23(13-15)29(25,26)18-7-5-11-27-18/h5,7-9,11-12,15H,3-4,6,10,13H2,1-2H3. The van der Waals surface area contributed by atoms with Crippen molar-refractivity contribution in [3.05, 3.63) is 46.1 Å². The summed E-state index contributed by atoms with van der Waals surface area (Å²) in [4.78, 5) is 17.9. The first-order valence-electron chi connectivity index (χ1n) is 9.61. The van der Waals surface area contributed by atoms with Gasteiger partial charge < -0.3 is 4.57 Å². The van der Waals surface area contributed by atoms with Crippen LogP contribution in [0.3, 0.4) is 0 Å². The van der Waals surface area contributed by atoms with E-state index in [-0.39, 0.29) is 12.5 Å². The maximum Gasteiger partial charge on any atom is 0.252 e. The number of rotatable bonds is 4. The molecule has 0 N–H and O–H groups in total. The van der Waals surface area contributed by atoms with Gasteiger partial charge in [-0.1, -0.05) is 30.4 Å². The van der Waals surface area contributed by atoms with Crippen molar-refractivity contribution in [3.63, 3.8) is 0 Å². The van der Waals surface area contributed by atoms with Crippen molar-refractivity contribution in [3.8, 4) is 0 Å². The molecule has 154 valence electrons. The van der Waals surface area contributed by atoms with E-state index in [9.17, 15) is 13.2 Å². The lowest BCUT2D eigenvalue weighted by molar-refractivity contribution is -0.122. The van der Waals surface area contributed by atoms with E-state index in [0.29, 0.717) is 28.4 Å². The van der Waals surface area contributed by atoms with Crippen LogP contribution in [0, 0.1) is 5.92 Å². The maximum absolute atomic E-state index is 12.9. The summed E-state index contributed by atoms with van der Waals surface area (Å²) in [5.74, 6) is -0.649. The Kier molecular flexibility index (Phi) is 5.74. The van der Waals surface area contributed by atoms with Crippen molar-refractivity contribution < 1.29 is 13.2 Å². The molecule has 1 aliphatic heterocycles. The van der Waals surface area contributed by atoms with Gasteiger partial charge in [0.1, 0.15) is 4.21 Å². The Labute approximate surface area is 178 Å². The SMILES string of the molecule is CCc1ccc2c(c1)sc(=NC(=O)C1CCCN(S(=O)(=O)c3cccs3)C1)n2C. The van der Waals surface area contributed by atoms with E-state index in [0.717, 1.165) is 16.6 Å². The van der Waals surface area contributed by atoms with Crippen LogP contribution < -0.4 is 4.80 Å². The van der Waals surface area contributed by atoms with E-state index in [4.69, 9.17) is 0 Å². The summed E-state index contributed by atoms with van der Waals surface area (Å²) in [7, 11) is -1.63. The molecule has 0 aliphatic carbocycles. The zero-order valence-electron chi connectivity index (χ0n) is 16.4. The van der Waals surface area contributed by atoms with Crippen molar-refractivity contribution in [2.24, 2.45) is 18.0 Å². The van der Waals surface area contributed by atoms with Gasteiger partial charge in [0, 0.05) is 20.1 Å². The summed E-state index contributed by atoms with van der Waals surface area (Å²) >= 11 is 2.70. The quantitative estimate of drug-likeness (QED) is 0.613. The molecule has 1 unspecified atom stereocenters. The molecular formula is C20H23N3O3S3. The zero-order chi connectivity index (χ0) is 20.6. The molecule has 0 saturated carbocycles. The summed E-state index contributed by atoms with van der Waals surface area (Å²) in [5, 5.41) is 1.75. The molecule has 1 aliphatic rings. The number of fused-ring (bicyclic) bond motifs is 1. The highest BCUT2D eigenvalue weighted by molar-refractivity contribution is 7.91. The van der Waals surface area contributed by atoms with Gasteiger partial charge in [-0.2, -0.15) is 9.30 Å². The number of benzene rings is 1. The Morgan fingerprint density at radius 3 is 2.86 bits per heavy atom. The third-order valence-electron chi connectivity index (χ3n) is 5.31. The molecule has 1 amide bonds. The number of nitrogens with zero attached hydrogens (tertiary/aromatic N) is 3. The van der Waals surface area contributed by atoms with Crippen molar-refractivity contribution in [2.75, 3.05) is 13.1 Å². The average Bonchev–Trinajstić information content (AvgIpc) is 3.37. The number of carbonyl (C=O) groups excluding carboxylic acids is 1. The van der Waals surface area contributed by atoms with Crippen LogP contribution in [0.5, 0.6) is 0 Å². The van der Waals surface area contributed by atoms with E-state index in [1.165, 1.54) is 32.5 Å². The first-order valence-corrected chi connectivity index (χ1v) is 12.7. The van der Waals surface area contributed by atoms with Crippen LogP contribution in [0.2, 0.25) is 0 Å².